The second-order valence-corrected chi connectivity index (χ2v) is 5.73. The van der Waals surface area contributed by atoms with Gasteiger partial charge in [-0.25, -0.2) is 4.39 Å². The van der Waals surface area contributed by atoms with Gasteiger partial charge in [0.25, 0.3) is 5.91 Å². The molecule has 2 N–H and O–H groups in total. The van der Waals surface area contributed by atoms with Crippen LogP contribution in [0.4, 0.5) is 16.0 Å². The minimum atomic E-state index is -0.586. The molecule has 0 saturated carbocycles. The van der Waals surface area contributed by atoms with Gasteiger partial charge in [-0.1, -0.05) is 30.3 Å². The standard InChI is InChI=1S/C20H19FN4O2/c1-27-17-9-5-2-6-14(17)12-13-22-18-10-11-19(25-24-18)23-20(26)15-7-3-4-8-16(15)21/h2-11H,12-13H2,1H3,(H,22,24)(H,23,25,26). The number of benzene rings is 2. The number of ether oxygens (including phenoxy) is 1. The smallest absolute Gasteiger partial charge is 0.259 e. The second-order valence-electron chi connectivity index (χ2n) is 5.73. The van der Waals surface area contributed by atoms with Crippen LogP contribution in [0.2, 0.25) is 0 Å². The van der Waals surface area contributed by atoms with E-state index in [1.54, 1.807) is 25.3 Å². The van der Waals surface area contributed by atoms with Gasteiger partial charge in [0.2, 0.25) is 0 Å². The first-order valence-electron chi connectivity index (χ1n) is 8.43. The summed E-state index contributed by atoms with van der Waals surface area (Å²) < 4.78 is 18.9. The fourth-order valence-electron chi connectivity index (χ4n) is 2.56. The van der Waals surface area contributed by atoms with E-state index in [0.717, 1.165) is 17.7 Å². The van der Waals surface area contributed by atoms with Gasteiger partial charge < -0.3 is 15.4 Å². The number of anilines is 2. The Morgan fingerprint density at radius 3 is 2.44 bits per heavy atom. The van der Waals surface area contributed by atoms with Gasteiger partial charge in [-0.05, 0) is 42.3 Å². The van der Waals surface area contributed by atoms with Crippen LogP contribution in [0.25, 0.3) is 0 Å². The van der Waals surface area contributed by atoms with Crippen molar-refractivity contribution in [1.29, 1.82) is 0 Å². The molecule has 0 spiro atoms. The lowest BCUT2D eigenvalue weighted by molar-refractivity contribution is 0.102. The zero-order valence-electron chi connectivity index (χ0n) is 14.8. The van der Waals surface area contributed by atoms with Crippen molar-refractivity contribution in [2.24, 2.45) is 0 Å². The monoisotopic (exact) mass is 366 g/mol. The molecule has 1 heterocycles. The van der Waals surface area contributed by atoms with Crippen LogP contribution in [0, 0.1) is 5.82 Å². The van der Waals surface area contributed by atoms with E-state index in [4.69, 9.17) is 4.74 Å². The molecule has 6 nitrogen and oxygen atoms in total. The van der Waals surface area contributed by atoms with E-state index >= 15 is 0 Å². The van der Waals surface area contributed by atoms with Crippen molar-refractivity contribution in [2.45, 2.75) is 6.42 Å². The Kier molecular flexibility index (Phi) is 5.94. The molecule has 3 aromatic rings. The summed E-state index contributed by atoms with van der Waals surface area (Å²) in [6.45, 7) is 0.649. The molecule has 1 aromatic heterocycles. The lowest BCUT2D eigenvalue weighted by Crippen LogP contribution is -2.15. The first kappa shape index (κ1) is 18.3. The molecular formula is C20H19FN4O2. The minimum absolute atomic E-state index is 0.0432. The van der Waals surface area contributed by atoms with Crippen LogP contribution >= 0.6 is 0 Å². The molecule has 0 aliphatic heterocycles. The summed E-state index contributed by atoms with van der Waals surface area (Å²) in [5.74, 6) is 0.515. The number of hydrogen-bond donors (Lipinski definition) is 2. The molecule has 0 bridgehead atoms. The molecule has 2 aromatic carbocycles. The highest BCUT2D eigenvalue weighted by Gasteiger charge is 2.11. The maximum absolute atomic E-state index is 13.6. The van der Waals surface area contributed by atoms with Crippen LogP contribution < -0.4 is 15.4 Å². The van der Waals surface area contributed by atoms with E-state index in [2.05, 4.69) is 20.8 Å². The van der Waals surface area contributed by atoms with E-state index < -0.39 is 11.7 Å². The molecule has 0 radical (unpaired) electrons. The number of para-hydroxylation sites is 1. The van der Waals surface area contributed by atoms with Crippen molar-refractivity contribution in [1.82, 2.24) is 10.2 Å². The van der Waals surface area contributed by atoms with Crippen molar-refractivity contribution in [3.8, 4) is 5.75 Å². The third kappa shape index (κ3) is 4.78. The first-order valence-corrected chi connectivity index (χ1v) is 8.43. The number of carbonyl (C=O) groups is 1. The first-order chi connectivity index (χ1) is 13.2. The summed E-state index contributed by atoms with van der Waals surface area (Å²) in [6, 6.07) is 16.9. The maximum atomic E-state index is 13.6. The number of hydrogen-bond acceptors (Lipinski definition) is 5. The lowest BCUT2D eigenvalue weighted by Gasteiger charge is -2.09. The molecular weight excluding hydrogens is 347 g/mol. The van der Waals surface area contributed by atoms with Crippen molar-refractivity contribution in [2.75, 3.05) is 24.3 Å². The van der Waals surface area contributed by atoms with Gasteiger partial charge in [0.15, 0.2) is 5.82 Å². The number of carbonyl (C=O) groups excluding carboxylic acids is 1. The van der Waals surface area contributed by atoms with Crippen molar-refractivity contribution in [3.05, 3.63) is 77.6 Å². The van der Waals surface area contributed by atoms with E-state index in [0.29, 0.717) is 12.4 Å². The van der Waals surface area contributed by atoms with Gasteiger partial charge in [-0.15, -0.1) is 10.2 Å². The normalized spacial score (nSPS) is 10.3. The van der Waals surface area contributed by atoms with Gasteiger partial charge in [-0.3, -0.25) is 4.79 Å². The quantitative estimate of drug-likeness (QED) is 0.669. The van der Waals surface area contributed by atoms with Crippen LogP contribution in [0.1, 0.15) is 15.9 Å². The number of rotatable bonds is 7. The van der Waals surface area contributed by atoms with Gasteiger partial charge in [0.05, 0.1) is 12.7 Å². The summed E-state index contributed by atoms with van der Waals surface area (Å²) >= 11 is 0. The number of nitrogens with one attached hydrogen (secondary N) is 2. The lowest BCUT2D eigenvalue weighted by atomic mass is 10.1. The van der Waals surface area contributed by atoms with E-state index in [1.165, 1.54) is 18.2 Å². The summed E-state index contributed by atoms with van der Waals surface area (Å²) in [7, 11) is 1.64. The predicted octanol–water partition coefficient (Wildman–Crippen LogP) is 3.53. The fourth-order valence-corrected chi connectivity index (χ4v) is 2.56. The number of aromatic nitrogens is 2. The van der Waals surface area contributed by atoms with Crippen LogP contribution in [-0.2, 0) is 6.42 Å². The molecule has 0 unspecified atom stereocenters. The highest BCUT2D eigenvalue weighted by molar-refractivity contribution is 6.03. The Morgan fingerprint density at radius 1 is 1.00 bits per heavy atom. The molecule has 27 heavy (non-hydrogen) atoms. The van der Waals surface area contributed by atoms with Gasteiger partial charge in [0, 0.05) is 6.54 Å². The van der Waals surface area contributed by atoms with Gasteiger partial charge in [0.1, 0.15) is 17.4 Å². The third-order valence-corrected chi connectivity index (χ3v) is 3.92. The summed E-state index contributed by atoms with van der Waals surface area (Å²) in [6.07, 6.45) is 0.761. The van der Waals surface area contributed by atoms with Gasteiger partial charge in [-0.2, -0.15) is 0 Å². The number of nitrogens with zero attached hydrogens (tertiary/aromatic N) is 2. The summed E-state index contributed by atoms with van der Waals surface area (Å²) in [4.78, 5) is 12.1. The average molecular weight is 366 g/mol. The Balaban J connectivity index is 1.54. The molecule has 138 valence electrons. The van der Waals surface area contributed by atoms with E-state index in [1.807, 2.05) is 24.3 Å². The molecule has 0 saturated heterocycles. The van der Waals surface area contributed by atoms with Crippen molar-refractivity contribution >= 4 is 17.5 Å². The Labute approximate surface area is 156 Å². The van der Waals surface area contributed by atoms with Crippen molar-refractivity contribution < 1.29 is 13.9 Å². The van der Waals surface area contributed by atoms with Crippen molar-refractivity contribution in [3.63, 3.8) is 0 Å². The predicted molar refractivity (Wildman–Crippen MR) is 102 cm³/mol. The highest BCUT2D eigenvalue weighted by Crippen LogP contribution is 2.18. The number of halogens is 1. The van der Waals surface area contributed by atoms with Crippen LogP contribution in [0.3, 0.4) is 0 Å². The second kappa shape index (κ2) is 8.75. The minimum Gasteiger partial charge on any atom is -0.496 e. The maximum Gasteiger partial charge on any atom is 0.259 e. The van der Waals surface area contributed by atoms with Gasteiger partial charge >= 0.3 is 0 Å². The molecule has 0 aliphatic rings. The Hall–Kier alpha value is -3.48. The van der Waals surface area contributed by atoms with Crippen LogP contribution in [-0.4, -0.2) is 29.8 Å². The molecule has 1 amide bonds. The van der Waals surface area contributed by atoms with Crippen LogP contribution in [0.5, 0.6) is 5.75 Å². The zero-order chi connectivity index (χ0) is 19.1. The number of amides is 1. The average Bonchev–Trinajstić information content (AvgIpc) is 2.70. The largest absolute Gasteiger partial charge is 0.496 e. The van der Waals surface area contributed by atoms with E-state index in [-0.39, 0.29) is 11.4 Å². The highest BCUT2D eigenvalue weighted by atomic mass is 19.1. The zero-order valence-corrected chi connectivity index (χ0v) is 14.8. The molecule has 3 rings (SSSR count). The van der Waals surface area contributed by atoms with Crippen LogP contribution in [0.15, 0.2) is 60.7 Å². The summed E-state index contributed by atoms with van der Waals surface area (Å²) in [5, 5.41) is 13.7. The third-order valence-electron chi connectivity index (χ3n) is 3.92. The molecule has 0 aliphatic carbocycles. The number of methoxy groups -OCH3 is 1. The SMILES string of the molecule is COc1ccccc1CCNc1ccc(NC(=O)c2ccccc2F)nn1. The fraction of sp³-hybridized carbons (Fsp3) is 0.150. The Bertz CT molecular complexity index is 916. The molecule has 7 heteroatoms. The topological polar surface area (TPSA) is 76.1 Å². The Morgan fingerprint density at radius 2 is 1.70 bits per heavy atom. The molecule has 0 fully saturated rings. The summed E-state index contributed by atoms with van der Waals surface area (Å²) in [5.41, 5.74) is 1.05. The molecule has 0 atom stereocenters. The van der Waals surface area contributed by atoms with E-state index in [9.17, 15) is 9.18 Å².